The van der Waals surface area contributed by atoms with Gasteiger partial charge < -0.3 is 69.5 Å². The van der Waals surface area contributed by atoms with Gasteiger partial charge in [-0.05, 0) is 118 Å². The first-order chi connectivity index (χ1) is 36.3. The number of fused-ring (bicyclic) bond motifs is 5. The van der Waals surface area contributed by atoms with Gasteiger partial charge in [0, 0.05) is 95.1 Å². The first-order valence-electron chi connectivity index (χ1n) is 27.6. The van der Waals surface area contributed by atoms with Crippen molar-refractivity contribution in [2.75, 3.05) is 46.2 Å². The Morgan fingerprint density at radius 3 is 2.25 bits per heavy atom. The summed E-state index contributed by atoms with van der Waals surface area (Å²) in [5, 5.41) is 67.0. The Morgan fingerprint density at radius 1 is 0.922 bits per heavy atom. The molecule has 0 radical (unpaired) electrons. The highest BCUT2D eigenvalue weighted by Crippen LogP contribution is 2.49. The van der Waals surface area contributed by atoms with Crippen LogP contribution in [-0.4, -0.2) is 178 Å². The number of para-hydroxylation sites is 2. The molecule has 0 unspecified atom stereocenters. The SMILES string of the molecule is CC[C@H]1OC(=O)[C@H](C)[C@@H](O[C@H]2C[C@@](C)(OC)[C@@H](O)[C@H](C)O2)[C@H](C)[C@@H](O[C@@H]2O[C@H](C)C[C@H](N(C)C)[C@H]2O)[C@](C)(O)C[C@@H](C)CN(CCCNC(=O)/C=C/c2cc3c(s2)-c2ccccc2Nc2ccccc2-3)[C@H](C)[C@@H](O)[C@]1(C)O. The molecule has 3 fully saturated rings. The number of hydrogen-bond acceptors (Lipinski definition) is 17. The smallest absolute Gasteiger partial charge is 0.311 e. The van der Waals surface area contributed by atoms with Gasteiger partial charge in [-0.25, -0.2) is 0 Å². The average molecular weight is 1090 g/mol. The third-order valence-corrected chi connectivity index (χ3v) is 17.9. The van der Waals surface area contributed by atoms with Crippen molar-refractivity contribution in [3.63, 3.8) is 0 Å². The first kappa shape index (κ1) is 60.8. The topological polar surface area (TPSA) is 221 Å². The van der Waals surface area contributed by atoms with Crippen molar-refractivity contribution in [1.29, 1.82) is 0 Å². The number of amides is 1. The second-order valence-electron chi connectivity index (χ2n) is 23.3. The van der Waals surface area contributed by atoms with Gasteiger partial charge in [0.1, 0.15) is 30.0 Å². The first-order valence-corrected chi connectivity index (χ1v) is 28.4. The number of cyclic esters (lactones) is 1. The molecule has 0 bridgehead atoms. The molecule has 428 valence electrons. The average Bonchev–Trinajstić information content (AvgIpc) is 3.77. The van der Waals surface area contributed by atoms with Crippen molar-refractivity contribution >= 4 is 40.7 Å². The minimum Gasteiger partial charge on any atom is -0.459 e. The zero-order chi connectivity index (χ0) is 56.3. The van der Waals surface area contributed by atoms with Gasteiger partial charge in [-0.2, -0.15) is 0 Å². The van der Waals surface area contributed by atoms with Crippen molar-refractivity contribution in [1.82, 2.24) is 15.1 Å². The monoisotopic (exact) mass is 1090 g/mol. The highest BCUT2D eigenvalue weighted by atomic mass is 32.1. The van der Waals surface area contributed by atoms with Crippen molar-refractivity contribution in [2.24, 2.45) is 17.8 Å². The molecule has 77 heavy (non-hydrogen) atoms. The molecule has 0 saturated carbocycles. The Balaban J connectivity index is 1.14. The molecule has 7 rings (SSSR count). The van der Waals surface area contributed by atoms with Crippen LogP contribution in [0, 0.1) is 17.8 Å². The Labute approximate surface area is 460 Å². The van der Waals surface area contributed by atoms with E-state index >= 15 is 0 Å². The third kappa shape index (κ3) is 13.7. The van der Waals surface area contributed by atoms with Crippen LogP contribution in [-0.2, 0) is 38.0 Å². The summed E-state index contributed by atoms with van der Waals surface area (Å²) in [6, 6.07) is 17.5. The number of ether oxygens (including phenoxy) is 6. The minimum atomic E-state index is -1.93. The highest BCUT2D eigenvalue weighted by molar-refractivity contribution is 7.17. The molecule has 3 saturated heterocycles. The summed E-state index contributed by atoms with van der Waals surface area (Å²) in [6.07, 6.45) is -5.28. The van der Waals surface area contributed by atoms with Crippen LogP contribution < -0.4 is 10.6 Å². The minimum absolute atomic E-state index is 0.0958. The lowest BCUT2D eigenvalue weighted by Gasteiger charge is -2.48. The number of aliphatic hydroxyl groups is 5. The van der Waals surface area contributed by atoms with Crippen molar-refractivity contribution < 1.29 is 63.5 Å². The summed E-state index contributed by atoms with van der Waals surface area (Å²) in [5.74, 6) is -3.17. The molecular formula is C59H88N4O13S. The van der Waals surface area contributed by atoms with E-state index in [4.69, 9.17) is 28.4 Å². The fourth-order valence-corrected chi connectivity index (χ4v) is 13.4. The number of rotatable bonds is 13. The van der Waals surface area contributed by atoms with Gasteiger partial charge in [-0.15, -0.1) is 11.3 Å². The number of thiophene rings is 1. The standard InChI is InChI=1S/C59H88N4O13S/c1-14-46-59(10,70)52(66)37(6)63(27-19-26-60-47(64)25-24-39-29-42-40-20-15-17-22-43(40)61-44-23-18-16-21-41(44)51(42)77-39)32-33(2)30-57(8,69)54(76-56-49(65)45(62(11)12)28-34(3)72-56)35(4)50(36(5)55(68)74-46)75-48-31-58(9,71-13)53(67)38(7)73-48/h15-18,20-25,29,33-38,45-46,48-50,52-54,56,61,65-67,69-70H,14,19,26-28,30-32H2,1-13H3,(H,60,64)/b25-24+/t33-,34-,35+,36-,37-,38+,45+,46-,48+,49-,50+,52-,53+,54-,56+,57-,58-,59-/m1/s1. The molecule has 1 amide bonds. The summed E-state index contributed by atoms with van der Waals surface area (Å²) in [7, 11) is 5.27. The molecule has 18 atom stereocenters. The van der Waals surface area contributed by atoms with E-state index in [1.165, 1.54) is 14.0 Å². The van der Waals surface area contributed by atoms with Gasteiger partial charge in [-0.3, -0.25) is 14.5 Å². The number of aliphatic hydroxyl groups excluding tert-OH is 3. The van der Waals surface area contributed by atoms with E-state index in [0.717, 1.165) is 37.8 Å². The maximum atomic E-state index is 14.7. The van der Waals surface area contributed by atoms with Crippen LogP contribution in [0.3, 0.4) is 0 Å². The van der Waals surface area contributed by atoms with Crippen LogP contribution in [0.1, 0.15) is 106 Å². The lowest BCUT2D eigenvalue weighted by atomic mass is 9.77. The molecule has 2 aromatic carbocycles. The fourth-order valence-electron chi connectivity index (χ4n) is 12.3. The maximum absolute atomic E-state index is 14.7. The zero-order valence-electron chi connectivity index (χ0n) is 47.5. The van der Waals surface area contributed by atoms with Gasteiger partial charge >= 0.3 is 5.97 Å². The van der Waals surface area contributed by atoms with E-state index < -0.39 is 96.0 Å². The Hall–Kier alpha value is -3.86. The number of benzene rings is 2. The molecule has 0 spiro atoms. The van der Waals surface area contributed by atoms with Crippen LogP contribution in [0.15, 0.2) is 60.7 Å². The number of nitrogens with one attached hydrogen (secondary N) is 2. The molecule has 18 heteroatoms. The number of esters is 1. The fraction of sp³-hybridized carbons (Fsp3) is 0.661. The van der Waals surface area contributed by atoms with E-state index in [1.54, 1.807) is 52.0 Å². The number of nitrogens with zero attached hydrogens (tertiary/aromatic N) is 2. The van der Waals surface area contributed by atoms with E-state index in [2.05, 4.69) is 41.0 Å². The van der Waals surface area contributed by atoms with Crippen LogP contribution in [0.4, 0.5) is 11.4 Å². The molecule has 17 nitrogen and oxygen atoms in total. The summed E-state index contributed by atoms with van der Waals surface area (Å²) in [5.41, 5.74) is 0.638. The zero-order valence-corrected chi connectivity index (χ0v) is 48.3. The van der Waals surface area contributed by atoms with E-state index in [9.17, 15) is 35.1 Å². The van der Waals surface area contributed by atoms with Crippen molar-refractivity contribution in [2.45, 2.75) is 192 Å². The summed E-state index contributed by atoms with van der Waals surface area (Å²) in [4.78, 5) is 34.1. The number of likely N-dealkylation sites (N-methyl/N-ethyl adjacent to an activating group) is 1. The Bertz CT molecular complexity index is 2420. The molecule has 4 aliphatic rings. The molecule has 1 aromatic heterocycles. The lowest BCUT2D eigenvalue weighted by Crippen LogP contribution is -2.60. The van der Waals surface area contributed by atoms with E-state index in [1.807, 2.05) is 81.9 Å². The Kier molecular flexibility index (Phi) is 20.0. The van der Waals surface area contributed by atoms with E-state index in [0.29, 0.717) is 32.5 Å². The van der Waals surface area contributed by atoms with Gasteiger partial charge in [-0.1, -0.05) is 57.2 Å². The van der Waals surface area contributed by atoms with Crippen LogP contribution in [0.2, 0.25) is 0 Å². The molecule has 3 aromatic rings. The van der Waals surface area contributed by atoms with Crippen LogP contribution >= 0.6 is 11.3 Å². The predicted octanol–water partition coefficient (Wildman–Crippen LogP) is 6.94. The van der Waals surface area contributed by atoms with Gasteiger partial charge in [0.25, 0.3) is 0 Å². The number of carbonyl (C=O) groups is 2. The maximum Gasteiger partial charge on any atom is 0.311 e. The molecular weight excluding hydrogens is 1000 g/mol. The normalized spacial score (nSPS) is 37.6. The molecule has 7 N–H and O–H groups in total. The lowest BCUT2D eigenvalue weighted by molar-refractivity contribution is -0.318. The van der Waals surface area contributed by atoms with Crippen LogP contribution in [0.5, 0.6) is 0 Å². The van der Waals surface area contributed by atoms with Crippen molar-refractivity contribution in [3.05, 3.63) is 65.6 Å². The summed E-state index contributed by atoms with van der Waals surface area (Å²) in [6.45, 7) is 18.6. The molecule has 4 aliphatic heterocycles. The quantitative estimate of drug-likeness (QED) is 0.0409. The second-order valence-corrected chi connectivity index (χ2v) is 24.4. The van der Waals surface area contributed by atoms with Gasteiger partial charge in [0.15, 0.2) is 12.6 Å². The van der Waals surface area contributed by atoms with Gasteiger partial charge in [0.2, 0.25) is 5.91 Å². The third-order valence-electron chi connectivity index (χ3n) is 16.8. The predicted molar refractivity (Wildman–Crippen MR) is 298 cm³/mol. The van der Waals surface area contributed by atoms with Crippen LogP contribution in [0.25, 0.3) is 27.6 Å². The van der Waals surface area contributed by atoms with E-state index in [-0.39, 0.29) is 43.2 Å². The number of anilines is 2. The summed E-state index contributed by atoms with van der Waals surface area (Å²) < 4.78 is 38.3. The van der Waals surface area contributed by atoms with Crippen molar-refractivity contribution in [3.8, 4) is 21.6 Å². The molecule has 5 heterocycles. The van der Waals surface area contributed by atoms with Gasteiger partial charge in [0.05, 0.1) is 41.5 Å². The second kappa shape index (κ2) is 25.3. The number of carbonyl (C=O) groups excluding carboxylic acids is 2. The summed E-state index contributed by atoms with van der Waals surface area (Å²) >= 11 is 1.62. The number of hydrogen-bond donors (Lipinski definition) is 7. The Morgan fingerprint density at radius 2 is 1.58 bits per heavy atom. The number of methoxy groups -OCH3 is 1. The highest BCUT2D eigenvalue weighted by Gasteiger charge is 2.53. The largest absolute Gasteiger partial charge is 0.459 e. The molecule has 0 aliphatic carbocycles.